The zero-order valence-electron chi connectivity index (χ0n) is 25.4. The molecular weight excluding hydrogens is 600 g/mol. The second-order valence-electron chi connectivity index (χ2n) is 11.4. The largest absolute Gasteiger partial charge is 0.382 e. The molecule has 0 bridgehead atoms. The lowest BCUT2D eigenvalue weighted by molar-refractivity contribution is -0.161. The fourth-order valence-electron chi connectivity index (χ4n) is 6.10. The van der Waals surface area contributed by atoms with E-state index in [1.54, 1.807) is 24.2 Å². The van der Waals surface area contributed by atoms with Gasteiger partial charge in [-0.2, -0.15) is 14.7 Å². The quantitative estimate of drug-likeness (QED) is 0.244. The van der Waals surface area contributed by atoms with Crippen molar-refractivity contribution in [1.29, 1.82) is 0 Å². The Morgan fingerprint density at radius 1 is 1.11 bits per heavy atom. The Morgan fingerprint density at radius 3 is 2.53 bits per heavy atom. The number of carbonyl (C=O) groups excluding carboxylic acids is 1. The van der Waals surface area contributed by atoms with Crippen LogP contribution in [0.3, 0.4) is 0 Å². The molecule has 1 saturated heterocycles. The fraction of sp³-hybridized carbons (Fsp3) is 0.467. The van der Waals surface area contributed by atoms with E-state index in [0.717, 1.165) is 17.5 Å². The fourth-order valence-corrected chi connectivity index (χ4v) is 7.16. The topological polar surface area (TPSA) is 168 Å². The SMILES string of the molecule is COCCO[C@]1(C(=O)NN2CCOCC2)CC[C@H](c2nc3c(-c4cnn(-c5ccccc5)c4)cnn3c(N)c2S(C)(=O)=O)CC1. The van der Waals surface area contributed by atoms with Gasteiger partial charge in [0.1, 0.15) is 16.3 Å². The number of hydrogen-bond donors (Lipinski definition) is 2. The zero-order chi connectivity index (χ0) is 31.6. The molecule has 4 aromatic rings. The average Bonchev–Trinajstić information content (AvgIpc) is 3.70. The van der Waals surface area contributed by atoms with Crippen LogP contribution in [0.1, 0.15) is 37.3 Å². The standard InChI is InChI=1S/C30H38N8O6S/c1-42-16-17-44-30(29(39)35-36-12-14-43-15-13-36)10-8-21(9-11-30)25-26(45(2,40)41)27(31)38-28(34-25)24(19-33-38)22-18-32-37(20-22)23-6-4-3-5-7-23/h3-7,18-21H,8-17,31H2,1-2H3,(H,35,39)/t21-,30+. The molecule has 1 aromatic carbocycles. The summed E-state index contributed by atoms with van der Waals surface area (Å²) in [4.78, 5) is 18.5. The molecular formula is C30H38N8O6S. The van der Waals surface area contributed by atoms with Gasteiger partial charge in [0.05, 0.1) is 50.2 Å². The molecule has 15 heteroatoms. The minimum Gasteiger partial charge on any atom is -0.382 e. The number of para-hydroxylation sites is 1. The number of hydrogen-bond acceptors (Lipinski definition) is 11. The number of rotatable bonds is 10. The summed E-state index contributed by atoms with van der Waals surface area (Å²) < 4.78 is 46.2. The number of methoxy groups -OCH3 is 1. The summed E-state index contributed by atoms with van der Waals surface area (Å²) in [6.45, 7) is 2.83. The molecule has 4 heterocycles. The molecule has 0 spiro atoms. The second-order valence-corrected chi connectivity index (χ2v) is 13.4. The molecule has 2 aliphatic rings. The molecule has 1 amide bonds. The monoisotopic (exact) mass is 638 g/mol. The smallest absolute Gasteiger partial charge is 0.266 e. The van der Waals surface area contributed by atoms with Crippen LogP contribution in [-0.4, -0.2) is 102 Å². The third-order valence-corrected chi connectivity index (χ3v) is 9.64. The van der Waals surface area contributed by atoms with Gasteiger partial charge in [-0.05, 0) is 37.8 Å². The number of nitrogens with one attached hydrogen (secondary N) is 1. The Labute approximate surface area is 261 Å². The second kappa shape index (κ2) is 12.8. The Kier molecular flexibility index (Phi) is 8.88. The number of benzene rings is 1. The predicted octanol–water partition coefficient (Wildman–Crippen LogP) is 1.99. The van der Waals surface area contributed by atoms with Crippen molar-refractivity contribution in [1.82, 2.24) is 34.8 Å². The summed E-state index contributed by atoms with van der Waals surface area (Å²) in [5, 5.41) is 10.8. The summed E-state index contributed by atoms with van der Waals surface area (Å²) >= 11 is 0. The molecule has 240 valence electrons. The van der Waals surface area contributed by atoms with Crippen LogP contribution in [0.15, 0.2) is 53.8 Å². The first-order chi connectivity index (χ1) is 21.7. The van der Waals surface area contributed by atoms with E-state index in [-0.39, 0.29) is 29.1 Å². The highest BCUT2D eigenvalue weighted by Crippen LogP contribution is 2.43. The highest BCUT2D eigenvalue weighted by atomic mass is 32.2. The lowest BCUT2D eigenvalue weighted by Crippen LogP contribution is -2.58. The molecule has 1 aliphatic carbocycles. The first-order valence-electron chi connectivity index (χ1n) is 14.9. The molecule has 1 aliphatic heterocycles. The van der Waals surface area contributed by atoms with E-state index in [1.807, 2.05) is 41.5 Å². The number of hydrazine groups is 1. The van der Waals surface area contributed by atoms with Gasteiger partial charge in [0.15, 0.2) is 15.5 Å². The minimum absolute atomic E-state index is 0.00237. The molecule has 14 nitrogen and oxygen atoms in total. The van der Waals surface area contributed by atoms with Crippen LogP contribution in [0.5, 0.6) is 0 Å². The normalized spacial score (nSPS) is 21.2. The highest BCUT2D eigenvalue weighted by Gasteiger charge is 2.45. The number of carbonyl (C=O) groups is 1. The van der Waals surface area contributed by atoms with Crippen molar-refractivity contribution in [3.05, 3.63) is 54.6 Å². The van der Waals surface area contributed by atoms with Crippen LogP contribution in [0.25, 0.3) is 22.5 Å². The number of nitrogens with zero attached hydrogens (tertiary/aromatic N) is 6. The number of nitrogen functional groups attached to an aromatic ring is 1. The maximum Gasteiger partial charge on any atom is 0.266 e. The molecule has 45 heavy (non-hydrogen) atoms. The van der Waals surface area contributed by atoms with E-state index < -0.39 is 15.4 Å². The Morgan fingerprint density at radius 2 is 1.84 bits per heavy atom. The van der Waals surface area contributed by atoms with E-state index in [4.69, 9.17) is 24.9 Å². The Balaban J connectivity index is 1.33. The Hall–Kier alpha value is -3.89. The van der Waals surface area contributed by atoms with Crippen LogP contribution in [0.2, 0.25) is 0 Å². The molecule has 6 rings (SSSR count). The molecule has 1 saturated carbocycles. The molecule has 0 radical (unpaired) electrons. The van der Waals surface area contributed by atoms with Gasteiger partial charge in [-0.15, -0.1) is 0 Å². The number of morpholine rings is 1. The third kappa shape index (κ3) is 6.31. The summed E-state index contributed by atoms with van der Waals surface area (Å²) in [6.07, 6.45) is 7.98. The van der Waals surface area contributed by atoms with Gasteiger partial charge in [0.25, 0.3) is 5.91 Å². The summed E-state index contributed by atoms with van der Waals surface area (Å²) in [5.74, 6) is -0.511. The van der Waals surface area contributed by atoms with E-state index in [2.05, 4.69) is 15.6 Å². The predicted molar refractivity (Wildman–Crippen MR) is 165 cm³/mol. The van der Waals surface area contributed by atoms with Crippen molar-refractivity contribution in [3.8, 4) is 16.8 Å². The van der Waals surface area contributed by atoms with Crippen molar-refractivity contribution in [3.63, 3.8) is 0 Å². The van der Waals surface area contributed by atoms with Crippen molar-refractivity contribution in [2.24, 2.45) is 0 Å². The number of aromatic nitrogens is 5. The number of anilines is 1. The van der Waals surface area contributed by atoms with Crippen LogP contribution in [0, 0.1) is 0 Å². The van der Waals surface area contributed by atoms with Gasteiger partial charge in [-0.3, -0.25) is 10.2 Å². The molecule has 2 fully saturated rings. The zero-order valence-corrected chi connectivity index (χ0v) is 26.2. The van der Waals surface area contributed by atoms with Crippen molar-refractivity contribution < 1.29 is 27.4 Å². The maximum atomic E-state index is 13.6. The van der Waals surface area contributed by atoms with E-state index in [1.165, 1.54) is 4.52 Å². The van der Waals surface area contributed by atoms with Crippen LogP contribution < -0.4 is 11.2 Å². The van der Waals surface area contributed by atoms with E-state index in [0.29, 0.717) is 75.5 Å². The summed E-state index contributed by atoms with van der Waals surface area (Å²) in [7, 11) is -2.20. The van der Waals surface area contributed by atoms with Crippen LogP contribution >= 0.6 is 0 Å². The number of sulfone groups is 1. The lowest BCUT2D eigenvalue weighted by Gasteiger charge is -2.40. The number of ether oxygens (including phenoxy) is 3. The molecule has 0 atom stereocenters. The summed E-state index contributed by atoms with van der Waals surface area (Å²) in [5.41, 5.74) is 11.6. The first-order valence-corrected chi connectivity index (χ1v) is 16.8. The Bertz CT molecular complexity index is 1760. The number of nitrogens with two attached hydrogens (primary N) is 1. The van der Waals surface area contributed by atoms with E-state index in [9.17, 15) is 13.2 Å². The maximum absolute atomic E-state index is 13.6. The first kappa shape index (κ1) is 31.1. The van der Waals surface area contributed by atoms with Gasteiger partial charge in [-0.1, -0.05) is 18.2 Å². The lowest BCUT2D eigenvalue weighted by atomic mass is 9.76. The average molecular weight is 639 g/mol. The van der Waals surface area contributed by atoms with Crippen molar-refractivity contribution in [2.45, 2.75) is 42.1 Å². The number of amides is 1. The van der Waals surface area contributed by atoms with E-state index >= 15 is 0 Å². The van der Waals surface area contributed by atoms with Crippen molar-refractivity contribution >= 4 is 27.2 Å². The molecule has 3 aromatic heterocycles. The van der Waals surface area contributed by atoms with Gasteiger partial charge in [0.2, 0.25) is 0 Å². The molecule has 0 unspecified atom stereocenters. The minimum atomic E-state index is -3.78. The van der Waals surface area contributed by atoms with Gasteiger partial charge < -0.3 is 19.9 Å². The molecule has 3 N–H and O–H groups in total. The van der Waals surface area contributed by atoms with Crippen molar-refractivity contribution in [2.75, 3.05) is 58.6 Å². The van der Waals surface area contributed by atoms with Gasteiger partial charge in [0, 0.05) is 49.7 Å². The number of fused-ring (bicyclic) bond motifs is 1. The van der Waals surface area contributed by atoms with Gasteiger partial charge in [-0.25, -0.2) is 23.1 Å². The third-order valence-electron chi connectivity index (χ3n) is 8.48. The highest BCUT2D eigenvalue weighted by molar-refractivity contribution is 7.91. The van der Waals surface area contributed by atoms with Gasteiger partial charge >= 0.3 is 0 Å². The summed E-state index contributed by atoms with van der Waals surface area (Å²) in [6, 6.07) is 9.69. The van der Waals surface area contributed by atoms with Crippen LogP contribution in [0.4, 0.5) is 5.82 Å². The van der Waals surface area contributed by atoms with Crippen LogP contribution in [-0.2, 0) is 28.8 Å².